The van der Waals surface area contributed by atoms with Crippen LogP contribution in [0.4, 0.5) is 0 Å². The predicted molar refractivity (Wildman–Crippen MR) is 385 cm³/mol. The highest BCUT2D eigenvalue weighted by molar-refractivity contribution is 6.32. The number of nitrogens with two attached hydrogens (primary N) is 3. The number of phenols is 3. The smallest absolute Gasteiger partial charge is 0.248 e. The normalized spacial score (nSPS) is 27.9. The van der Waals surface area contributed by atoms with E-state index in [2.05, 4.69) is 42.5 Å². The minimum atomic E-state index is -2.36. The number of halogens is 2. The highest BCUT2D eigenvalue weighted by Gasteiger charge is 2.51. The van der Waals surface area contributed by atoms with Crippen LogP contribution in [0, 0.1) is 5.92 Å². The number of amides is 9. The molecule has 9 amide bonds. The van der Waals surface area contributed by atoms with Crippen molar-refractivity contribution in [3.05, 3.63) is 117 Å². The topological polar surface area (TPSA) is 565 Å². The van der Waals surface area contributed by atoms with E-state index < -0.39 is 262 Å². The monoisotopic (exact) mass is 1570 g/mol. The maximum absolute atomic E-state index is 16.2. The van der Waals surface area contributed by atoms with Crippen LogP contribution in [-0.4, -0.2) is 218 Å². The largest absolute Gasteiger partial charge is 0.508 e. The molecule has 5 aromatic rings. The van der Waals surface area contributed by atoms with Gasteiger partial charge >= 0.3 is 0 Å². The number of ketones is 1. The summed E-state index contributed by atoms with van der Waals surface area (Å²) < 4.78 is 38.8. The average molecular weight is 1570 g/mol. The van der Waals surface area contributed by atoms with Crippen LogP contribution in [0.2, 0.25) is 10.0 Å². The number of hydrogen-bond donors (Lipinski definition) is 19. The van der Waals surface area contributed by atoms with Crippen LogP contribution in [-0.2, 0) is 62.2 Å². The van der Waals surface area contributed by atoms with Crippen molar-refractivity contribution in [3.63, 3.8) is 0 Å². The number of ether oxygens (including phenoxy) is 6. The summed E-state index contributed by atoms with van der Waals surface area (Å²) in [5, 5.41) is 113. The summed E-state index contributed by atoms with van der Waals surface area (Å²) in [6.45, 7) is 5.32. The third-order valence-electron chi connectivity index (χ3n) is 19.1. The molecule has 0 aromatic heterocycles. The van der Waals surface area contributed by atoms with E-state index in [4.69, 9.17) is 68.8 Å². The van der Waals surface area contributed by atoms with Crippen molar-refractivity contribution >= 4 is 82.1 Å². The molecule has 12 rings (SSSR count). The molecule has 2 fully saturated rings. The van der Waals surface area contributed by atoms with Crippen molar-refractivity contribution in [1.82, 2.24) is 47.4 Å². The van der Waals surface area contributed by atoms with E-state index in [-0.39, 0.29) is 46.2 Å². The summed E-state index contributed by atoms with van der Waals surface area (Å²) in [6.07, 6.45) is -18.8. The van der Waals surface area contributed by atoms with Crippen LogP contribution in [0.3, 0.4) is 0 Å². The van der Waals surface area contributed by atoms with Crippen LogP contribution < -0.4 is 73.9 Å². The van der Waals surface area contributed by atoms with Gasteiger partial charge in [-0.2, -0.15) is 0 Å². The van der Waals surface area contributed by atoms with Crippen LogP contribution in [0.25, 0.3) is 11.1 Å². The lowest BCUT2D eigenvalue weighted by Gasteiger charge is -2.47. The Morgan fingerprint density at radius 2 is 1.33 bits per heavy atom. The van der Waals surface area contributed by atoms with Gasteiger partial charge in [-0.3, -0.25) is 47.9 Å². The van der Waals surface area contributed by atoms with Crippen molar-refractivity contribution in [2.24, 2.45) is 23.1 Å². The fourth-order valence-electron chi connectivity index (χ4n) is 13.2. The Labute approximate surface area is 637 Å². The van der Waals surface area contributed by atoms with Crippen LogP contribution in [0.1, 0.15) is 112 Å². The fourth-order valence-corrected chi connectivity index (χ4v) is 13.7. The summed E-state index contributed by atoms with van der Waals surface area (Å²) in [4.78, 5) is 146. The van der Waals surface area contributed by atoms with Crippen molar-refractivity contribution in [2.75, 3.05) is 34.2 Å². The molecular formula is C72H86Cl2N12O24. The van der Waals surface area contributed by atoms with Gasteiger partial charge in [0.05, 0.1) is 47.7 Å². The Morgan fingerprint density at radius 1 is 0.718 bits per heavy atom. The molecule has 7 aliphatic heterocycles. The molecule has 18 atom stereocenters. The zero-order valence-electron chi connectivity index (χ0n) is 60.2. The highest BCUT2D eigenvalue weighted by Crippen LogP contribution is 2.50. The lowest BCUT2D eigenvalue weighted by molar-refractivity contribution is -0.330. The standard InChI is InChI=1S/C72H86Cl2N12O24/c1-27(2)14-39(78-5)64(98)84-55-57(93)30-9-12-43(37(73)16-30)106-45-18-32-19-46(61(45)110-71-62(60(96)59(95)47(25-75)108-71)109-50-24-72(4,77)63(97)28(3)105-50)107-44-13-10-31(17-38(44)74)58(94)56-70(104)83-54(66(100)79-26-34(88)22-49(92)86(6)7)36-20-33(87)21-42(90)51(36)35-15-29(8-11-41(35)89)52(67(101)85-56)82-68(102)53(32)81-65(99)40(23-48(76)91)80-69(55)103/h8-13,15-21,27-28,39-40,47,50,52-60,62-63,71,78,87,89-90,93-97H,14,22-26,75,77H2,1-7H3,(H2,76,91)(H,79,100)(H,80,103)(H,81,99)(H,82,102)(H,83,104)(H,84,98)(H,85,101)/t28-,39+,40-,47+,50-,52+,53+,54-,55+,56-,57+,58+,59+,60-,62+,63+,71-,72-/m0/s1. The molecule has 5 aromatic carbocycles. The molecule has 592 valence electrons. The van der Waals surface area contributed by atoms with Gasteiger partial charge in [0.25, 0.3) is 0 Å². The summed E-state index contributed by atoms with van der Waals surface area (Å²) in [7, 11) is 4.23. The molecule has 110 heavy (non-hydrogen) atoms. The minimum Gasteiger partial charge on any atom is -0.508 e. The number of fused-ring (bicyclic) bond motifs is 15. The van der Waals surface area contributed by atoms with Gasteiger partial charge in [0.15, 0.2) is 29.7 Å². The van der Waals surface area contributed by atoms with E-state index in [1.807, 2.05) is 13.8 Å². The number of likely N-dealkylation sites (N-methyl/N-ethyl adjacent to an activating group) is 1. The third kappa shape index (κ3) is 18.2. The number of carbonyl (C=O) groups excluding carboxylic acids is 10. The van der Waals surface area contributed by atoms with Crippen LogP contribution in [0.15, 0.2) is 78.9 Å². The van der Waals surface area contributed by atoms with E-state index in [9.17, 15) is 69.6 Å². The first-order valence-corrected chi connectivity index (χ1v) is 35.4. The maximum Gasteiger partial charge on any atom is 0.248 e. The maximum atomic E-state index is 16.2. The number of nitrogens with one attached hydrogen (secondary N) is 8. The number of benzene rings is 5. The van der Waals surface area contributed by atoms with Crippen molar-refractivity contribution in [1.29, 1.82) is 0 Å². The fraction of sp³-hybridized carbons (Fsp3) is 0.444. The highest BCUT2D eigenvalue weighted by atomic mass is 35.5. The number of Topliss-reactive ketones (excluding diaryl/α,β-unsaturated/α-hetero) is 1. The molecule has 0 saturated carbocycles. The van der Waals surface area contributed by atoms with E-state index in [0.29, 0.717) is 0 Å². The molecule has 0 aliphatic carbocycles. The number of rotatable bonds is 17. The lowest BCUT2D eigenvalue weighted by Crippen LogP contribution is -2.65. The molecule has 22 N–H and O–H groups in total. The molecule has 36 nitrogen and oxygen atoms in total. The SMILES string of the molecule is CN[C@H](CC(C)C)C(=O)N[C@H]1C(=O)N[C@@H](CC(N)=O)C(=O)N[C@H]2C(=O)N[C@H]3C(=O)N[C@H](C(=O)N[C@H](C(=O)NCC(=O)CC(=O)N(C)C)c4cc(O)cc(O)c4-c4cc3ccc4O)[C@H](O)c3ccc(c(Cl)c3)Oc3cc2cc(c3O[C@@H]2O[C@H](CN)[C@@H](O)[C@H](O)[C@H]2O[C@H]2C[C@](C)(N)[C@H](O)[C@H](C)O2)Oc2ccc(cc2Cl)[C@H]1O. The molecule has 2 saturated heterocycles. The van der Waals surface area contributed by atoms with Gasteiger partial charge < -0.3 is 134 Å². The zero-order valence-corrected chi connectivity index (χ0v) is 61.7. The van der Waals surface area contributed by atoms with Crippen molar-refractivity contribution < 1.29 is 117 Å². The first-order valence-electron chi connectivity index (χ1n) is 34.7. The van der Waals surface area contributed by atoms with Gasteiger partial charge in [-0.05, 0) is 116 Å². The molecule has 0 radical (unpaired) electrons. The van der Waals surface area contributed by atoms with Crippen molar-refractivity contribution in [3.8, 4) is 57.1 Å². The lowest BCUT2D eigenvalue weighted by atomic mass is 9.86. The number of carbonyl (C=O) groups is 10. The predicted octanol–water partition coefficient (Wildman–Crippen LogP) is -0.848. The number of nitrogens with zero attached hydrogens (tertiary/aromatic N) is 1. The molecule has 7 aliphatic rings. The number of aliphatic hydroxyl groups is 5. The van der Waals surface area contributed by atoms with Gasteiger partial charge in [-0.1, -0.05) is 55.2 Å². The second-order valence-corrected chi connectivity index (χ2v) is 29.0. The number of aliphatic hydroxyl groups excluding tert-OH is 5. The van der Waals surface area contributed by atoms with Crippen LogP contribution >= 0.6 is 23.2 Å². The average Bonchev–Trinajstić information content (AvgIpc) is 0.767. The molecule has 38 heteroatoms. The van der Waals surface area contributed by atoms with E-state index in [1.165, 1.54) is 47.1 Å². The summed E-state index contributed by atoms with van der Waals surface area (Å²) in [5.74, 6) is -16.9. The van der Waals surface area contributed by atoms with Gasteiger partial charge in [-0.25, -0.2) is 0 Å². The second kappa shape index (κ2) is 34.1. The van der Waals surface area contributed by atoms with Gasteiger partial charge in [0, 0.05) is 49.8 Å². The molecule has 0 unspecified atom stereocenters. The summed E-state index contributed by atoms with van der Waals surface area (Å²) in [6, 6.07) is -0.531. The Kier molecular flexibility index (Phi) is 25.5. The second-order valence-electron chi connectivity index (χ2n) is 28.2. The van der Waals surface area contributed by atoms with Gasteiger partial charge in [0.1, 0.15) is 95.5 Å². The molecule has 0 spiro atoms. The summed E-state index contributed by atoms with van der Waals surface area (Å²) >= 11 is 14.2. The first-order chi connectivity index (χ1) is 51.9. The number of phenolic OH excluding ortho intramolecular Hbond substituents is 3. The van der Waals surface area contributed by atoms with E-state index >= 15 is 19.2 Å². The zero-order chi connectivity index (χ0) is 80.4. The van der Waals surface area contributed by atoms with Crippen LogP contribution in [0.5, 0.6) is 46.0 Å². The summed E-state index contributed by atoms with van der Waals surface area (Å²) in [5.41, 5.74) is 14.3. The Hall–Kier alpha value is -10.1. The van der Waals surface area contributed by atoms with E-state index in [1.54, 1.807) is 0 Å². The quantitative estimate of drug-likeness (QED) is 0.0504. The first kappa shape index (κ1) is 82.4. The van der Waals surface area contributed by atoms with Gasteiger partial charge in [0.2, 0.25) is 65.2 Å². The third-order valence-corrected chi connectivity index (χ3v) is 19.7. The van der Waals surface area contributed by atoms with Gasteiger partial charge in [-0.15, -0.1) is 0 Å². The molecule has 7 heterocycles. The van der Waals surface area contributed by atoms with E-state index in [0.717, 1.165) is 71.6 Å². The number of primary amides is 1. The number of aromatic hydroxyl groups is 3. The van der Waals surface area contributed by atoms with Crippen molar-refractivity contribution in [2.45, 2.75) is 163 Å². The Bertz CT molecular complexity index is 4420. The minimum absolute atomic E-state index is 0.105. The Morgan fingerprint density at radius 3 is 1.92 bits per heavy atom. The number of hydrogen-bond acceptors (Lipinski definition) is 27. The Balaban J connectivity index is 1.22. The molecule has 11 bridgehead atoms. The molecular weight excluding hydrogens is 1490 g/mol.